The Morgan fingerprint density at radius 1 is 1.37 bits per heavy atom. The summed E-state index contributed by atoms with van der Waals surface area (Å²) in [5.41, 5.74) is 5.72. The molecule has 0 spiro atoms. The molecule has 1 aromatic rings. The van der Waals surface area contributed by atoms with Gasteiger partial charge in [-0.3, -0.25) is 0 Å². The molecule has 0 saturated carbocycles. The fourth-order valence-corrected chi connectivity index (χ4v) is 4.87. The van der Waals surface area contributed by atoms with E-state index in [1.807, 2.05) is 7.05 Å². The third-order valence-corrected chi connectivity index (χ3v) is 6.29. The molecule has 1 aliphatic rings. The molecule has 7 heteroatoms. The first kappa shape index (κ1) is 14.9. The number of nitrogens with two attached hydrogens (primary N) is 1. The molecule has 1 aliphatic heterocycles. The van der Waals surface area contributed by atoms with Crippen LogP contribution in [0.5, 0.6) is 0 Å². The van der Waals surface area contributed by atoms with Crippen molar-refractivity contribution < 1.29 is 8.42 Å². The number of likely N-dealkylation sites (N-methyl/N-ethyl adjacent to an activating group) is 1. The van der Waals surface area contributed by atoms with E-state index in [0.717, 1.165) is 6.54 Å². The van der Waals surface area contributed by atoms with Gasteiger partial charge in [0.2, 0.25) is 10.0 Å². The minimum atomic E-state index is -3.50. The predicted molar refractivity (Wildman–Crippen MR) is 78.4 cm³/mol. The number of piperazine rings is 1. The molecule has 2 rings (SSSR count). The molecule has 0 aromatic heterocycles. The van der Waals surface area contributed by atoms with Crippen LogP contribution in [-0.2, 0) is 10.0 Å². The van der Waals surface area contributed by atoms with Crippen molar-refractivity contribution in [1.82, 2.24) is 9.21 Å². The maximum absolute atomic E-state index is 12.7. The summed E-state index contributed by atoms with van der Waals surface area (Å²) >= 11 is 3.30. The lowest BCUT2D eigenvalue weighted by atomic mass is 10.2. The summed E-state index contributed by atoms with van der Waals surface area (Å²) < 4.78 is 27.5. The molecule has 0 radical (unpaired) electrons. The number of sulfonamides is 1. The number of hydrogen-bond acceptors (Lipinski definition) is 4. The molecule has 19 heavy (non-hydrogen) atoms. The van der Waals surface area contributed by atoms with Crippen LogP contribution in [0, 0.1) is 0 Å². The number of nitrogens with zero attached hydrogens (tertiary/aromatic N) is 2. The minimum absolute atomic E-state index is 0.171. The lowest BCUT2D eigenvalue weighted by Crippen LogP contribution is -2.56. The van der Waals surface area contributed by atoms with Crippen LogP contribution in [0.4, 0.5) is 0 Å². The summed E-state index contributed by atoms with van der Waals surface area (Å²) in [6.07, 6.45) is 0. The van der Waals surface area contributed by atoms with Gasteiger partial charge in [-0.1, -0.05) is 12.1 Å². The van der Waals surface area contributed by atoms with E-state index in [-0.39, 0.29) is 6.04 Å². The summed E-state index contributed by atoms with van der Waals surface area (Å²) in [4.78, 5) is 2.40. The van der Waals surface area contributed by atoms with E-state index in [1.165, 1.54) is 4.31 Å². The van der Waals surface area contributed by atoms with Crippen LogP contribution in [0.2, 0.25) is 0 Å². The fraction of sp³-hybridized carbons (Fsp3) is 0.500. The summed E-state index contributed by atoms with van der Waals surface area (Å²) in [6.45, 7) is 2.19. The highest BCUT2D eigenvalue weighted by Crippen LogP contribution is 2.26. The smallest absolute Gasteiger partial charge is 0.244 e. The molecule has 106 valence electrons. The molecule has 1 fully saturated rings. The molecule has 2 N–H and O–H groups in total. The van der Waals surface area contributed by atoms with E-state index in [0.29, 0.717) is 29.0 Å². The van der Waals surface area contributed by atoms with Crippen LogP contribution in [0.15, 0.2) is 33.6 Å². The molecule has 1 aromatic carbocycles. The van der Waals surface area contributed by atoms with E-state index in [4.69, 9.17) is 5.73 Å². The molecular weight excluding hydrogens is 330 g/mol. The van der Waals surface area contributed by atoms with Crippen LogP contribution in [0.3, 0.4) is 0 Å². The SMILES string of the molecule is CN1CCN(S(=O)(=O)c2ccccc2Br)C(CN)C1. The van der Waals surface area contributed by atoms with Gasteiger partial charge in [0.15, 0.2) is 0 Å². The van der Waals surface area contributed by atoms with Crippen molar-refractivity contribution in [1.29, 1.82) is 0 Å². The molecule has 1 saturated heterocycles. The third-order valence-electron chi connectivity index (χ3n) is 3.33. The highest BCUT2D eigenvalue weighted by atomic mass is 79.9. The van der Waals surface area contributed by atoms with Gasteiger partial charge >= 0.3 is 0 Å². The first-order valence-corrected chi connectivity index (χ1v) is 8.35. The zero-order valence-electron chi connectivity index (χ0n) is 10.8. The van der Waals surface area contributed by atoms with Crippen molar-refractivity contribution in [2.24, 2.45) is 5.73 Å². The molecule has 0 bridgehead atoms. The molecule has 1 unspecified atom stereocenters. The fourth-order valence-electron chi connectivity index (χ4n) is 2.28. The Balaban J connectivity index is 2.36. The Labute approximate surface area is 122 Å². The van der Waals surface area contributed by atoms with Gasteiger partial charge < -0.3 is 10.6 Å². The van der Waals surface area contributed by atoms with Crippen LogP contribution >= 0.6 is 15.9 Å². The highest BCUT2D eigenvalue weighted by molar-refractivity contribution is 9.10. The maximum Gasteiger partial charge on any atom is 0.244 e. The normalized spacial score (nSPS) is 22.6. The molecule has 1 atom stereocenters. The first-order valence-electron chi connectivity index (χ1n) is 6.12. The molecule has 0 amide bonds. The maximum atomic E-state index is 12.7. The van der Waals surface area contributed by atoms with E-state index in [1.54, 1.807) is 24.3 Å². The lowest BCUT2D eigenvalue weighted by Gasteiger charge is -2.38. The van der Waals surface area contributed by atoms with Crippen molar-refractivity contribution >= 4 is 26.0 Å². The van der Waals surface area contributed by atoms with Gasteiger partial charge in [-0.15, -0.1) is 0 Å². The number of rotatable bonds is 3. The number of benzene rings is 1. The average molecular weight is 348 g/mol. The van der Waals surface area contributed by atoms with Crippen LogP contribution < -0.4 is 5.73 Å². The summed E-state index contributed by atoms with van der Waals surface area (Å²) in [7, 11) is -1.52. The zero-order chi connectivity index (χ0) is 14.0. The zero-order valence-corrected chi connectivity index (χ0v) is 13.2. The summed E-state index contributed by atoms with van der Waals surface area (Å²) in [5.74, 6) is 0. The molecule has 5 nitrogen and oxygen atoms in total. The summed E-state index contributed by atoms with van der Waals surface area (Å²) in [6, 6.07) is 6.71. The van der Waals surface area contributed by atoms with Crippen molar-refractivity contribution in [3.63, 3.8) is 0 Å². The van der Waals surface area contributed by atoms with Gasteiger partial charge in [-0.2, -0.15) is 4.31 Å². The minimum Gasteiger partial charge on any atom is -0.329 e. The van der Waals surface area contributed by atoms with Crippen LogP contribution in [-0.4, -0.2) is 56.9 Å². The molecule has 1 heterocycles. The van der Waals surface area contributed by atoms with Crippen LogP contribution in [0.1, 0.15) is 0 Å². The summed E-state index contributed by atoms with van der Waals surface area (Å²) in [5, 5.41) is 0. The number of halogens is 1. The Kier molecular flexibility index (Phi) is 4.62. The van der Waals surface area contributed by atoms with E-state index in [2.05, 4.69) is 20.8 Å². The second-order valence-electron chi connectivity index (χ2n) is 4.70. The van der Waals surface area contributed by atoms with Gasteiger partial charge in [0.05, 0.1) is 10.9 Å². The Morgan fingerprint density at radius 2 is 2.05 bits per heavy atom. The monoisotopic (exact) mass is 347 g/mol. The van der Waals surface area contributed by atoms with E-state index in [9.17, 15) is 8.42 Å². The van der Waals surface area contributed by atoms with Crippen molar-refractivity contribution in [2.45, 2.75) is 10.9 Å². The van der Waals surface area contributed by atoms with Gasteiger partial charge in [0.25, 0.3) is 0 Å². The topological polar surface area (TPSA) is 66.6 Å². The van der Waals surface area contributed by atoms with E-state index >= 15 is 0 Å². The predicted octanol–water partition coefficient (Wildman–Crippen LogP) is 0.712. The Morgan fingerprint density at radius 3 is 2.68 bits per heavy atom. The first-order chi connectivity index (χ1) is 8.96. The van der Waals surface area contributed by atoms with Crippen molar-refractivity contribution in [3.05, 3.63) is 28.7 Å². The quantitative estimate of drug-likeness (QED) is 0.874. The van der Waals surface area contributed by atoms with Gasteiger partial charge in [-0.05, 0) is 35.1 Å². The largest absolute Gasteiger partial charge is 0.329 e. The van der Waals surface area contributed by atoms with Crippen LogP contribution in [0.25, 0.3) is 0 Å². The average Bonchev–Trinajstić information content (AvgIpc) is 2.38. The third kappa shape index (κ3) is 3.00. The lowest BCUT2D eigenvalue weighted by molar-refractivity contribution is 0.164. The van der Waals surface area contributed by atoms with Crippen molar-refractivity contribution in [2.75, 3.05) is 33.2 Å². The van der Waals surface area contributed by atoms with E-state index < -0.39 is 10.0 Å². The van der Waals surface area contributed by atoms with Gasteiger partial charge in [0.1, 0.15) is 0 Å². The Hall–Kier alpha value is -0.470. The van der Waals surface area contributed by atoms with Gasteiger partial charge in [-0.25, -0.2) is 8.42 Å². The van der Waals surface area contributed by atoms with Gasteiger partial charge in [0, 0.05) is 30.7 Å². The second kappa shape index (κ2) is 5.88. The Bertz CT molecular complexity index is 550. The molecular formula is C12H18BrN3O2S. The standard InChI is InChI=1S/C12H18BrN3O2S/c1-15-6-7-16(10(8-14)9-15)19(17,18)12-5-3-2-4-11(12)13/h2-5,10H,6-9,14H2,1H3. The van der Waals surface area contributed by atoms with Crippen molar-refractivity contribution in [3.8, 4) is 0 Å². The highest BCUT2D eigenvalue weighted by Gasteiger charge is 2.35. The number of hydrogen-bond donors (Lipinski definition) is 1. The second-order valence-corrected chi connectivity index (χ2v) is 7.41. The molecule has 0 aliphatic carbocycles.